The molecule has 2 heterocycles. The molecule has 0 bridgehead atoms. The summed E-state index contributed by atoms with van der Waals surface area (Å²) in [5.74, 6) is -1.14. The summed E-state index contributed by atoms with van der Waals surface area (Å²) in [5.41, 5.74) is 10.1. The number of nitrogens with one attached hydrogen (secondary N) is 1. The third kappa shape index (κ3) is 4.78. The number of carbonyl (C=O) groups is 1. The molecule has 34 heavy (non-hydrogen) atoms. The Balaban J connectivity index is 1.61. The Kier molecular flexibility index (Phi) is 6.63. The van der Waals surface area contributed by atoms with Crippen molar-refractivity contribution in [1.29, 1.82) is 0 Å². The average molecular weight is 480 g/mol. The molecule has 2 aromatic heterocycles. The molecule has 174 valence electrons. The molecular formula is C25H23ClFN5O2. The number of hydrogen-bond donors (Lipinski definition) is 3. The summed E-state index contributed by atoms with van der Waals surface area (Å²) in [5, 5.41) is 17.2. The maximum atomic E-state index is 15.0. The molecular weight excluding hydrogens is 457 g/mol. The summed E-state index contributed by atoms with van der Waals surface area (Å²) < 4.78 is 16.7. The van der Waals surface area contributed by atoms with Crippen LogP contribution in [0.15, 0.2) is 60.9 Å². The predicted molar refractivity (Wildman–Crippen MR) is 130 cm³/mol. The van der Waals surface area contributed by atoms with Gasteiger partial charge in [-0.1, -0.05) is 29.8 Å². The topological polar surface area (TPSA) is 106 Å². The summed E-state index contributed by atoms with van der Waals surface area (Å²) in [4.78, 5) is 17.0. The van der Waals surface area contributed by atoms with Gasteiger partial charge >= 0.3 is 0 Å². The Morgan fingerprint density at radius 1 is 1.21 bits per heavy atom. The molecule has 1 atom stereocenters. The molecule has 0 aliphatic heterocycles. The van der Waals surface area contributed by atoms with Crippen LogP contribution in [0, 0.1) is 12.7 Å². The maximum absolute atomic E-state index is 15.0. The molecule has 0 fully saturated rings. The number of carbonyl (C=O) groups excluding carboxylic acids is 1. The van der Waals surface area contributed by atoms with Crippen LogP contribution in [0.4, 0.5) is 10.2 Å². The summed E-state index contributed by atoms with van der Waals surface area (Å²) in [7, 11) is 1.83. The van der Waals surface area contributed by atoms with E-state index in [0.29, 0.717) is 21.7 Å². The van der Waals surface area contributed by atoms with E-state index < -0.39 is 17.8 Å². The van der Waals surface area contributed by atoms with Gasteiger partial charge in [-0.2, -0.15) is 5.10 Å². The first-order valence-corrected chi connectivity index (χ1v) is 10.9. The van der Waals surface area contributed by atoms with E-state index in [-0.39, 0.29) is 18.0 Å². The quantitative estimate of drug-likeness (QED) is 0.382. The minimum atomic E-state index is -0.732. The van der Waals surface area contributed by atoms with E-state index in [1.54, 1.807) is 41.2 Å². The second-order valence-electron chi connectivity index (χ2n) is 7.92. The monoisotopic (exact) mass is 479 g/mol. The number of aryl methyl sites for hydroxylation is 2. The van der Waals surface area contributed by atoms with Crippen LogP contribution in [0.25, 0.3) is 22.3 Å². The normalized spacial score (nSPS) is 11.9. The van der Waals surface area contributed by atoms with Gasteiger partial charge in [0.1, 0.15) is 11.6 Å². The van der Waals surface area contributed by atoms with E-state index in [0.717, 1.165) is 16.8 Å². The molecule has 1 amide bonds. The van der Waals surface area contributed by atoms with Gasteiger partial charge in [0, 0.05) is 41.2 Å². The fourth-order valence-corrected chi connectivity index (χ4v) is 4.00. The van der Waals surface area contributed by atoms with Crippen molar-refractivity contribution < 1.29 is 14.3 Å². The molecule has 0 aliphatic carbocycles. The number of halogens is 2. The van der Waals surface area contributed by atoms with Crippen LogP contribution in [-0.4, -0.2) is 32.4 Å². The molecule has 0 radical (unpaired) electrons. The van der Waals surface area contributed by atoms with E-state index in [2.05, 4.69) is 15.4 Å². The van der Waals surface area contributed by atoms with Crippen LogP contribution < -0.4 is 11.1 Å². The fourth-order valence-electron chi connectivity index (χ4n) is 3.80. The van der Waals surface area contributed by atoms with Crippen molar-refractivity contribution in [2.24, 2.45) is 7.05 Å². The molecule has 2 aromatic carbocycles. The highest BCUT2D eigenvalue weighted by Crippen LogP contribution is 2.31. The van der Waals surface area contributed by atoms with E-state index in [1.807, 2.05) is 26.2 Å². The highest BCUT2D eigenvalue weighted by atomic mass is 35.5. The van der Waals surface area contributed by atoms with Gasteiger partial charge in [-0.15, -0.1) is 0 Å². The van der Waals surface area contributed by atoms with Crippen LogP contribution in [0.5, 0.6) is 0 Å². The van der Waals surface area contributed by atoms with E-state index in [1.165, 1.54) is 12.1 Å². The lowest BCUT2D eigenvalue weighted by molar-refractivity contribution is 0.0912. The smallest absolute Gasteiger partial charge is 0.254 e. The average Bonchev–Trinajstić information content (AvgIpc) is 3.15. The summed E-state index contributed by atoms with van der Waals surface area (Å²) in [6, 6.07) is 12.1. The van der Waals surface area contributed by atoms with Gasteiger partial charge in [-0.3, -0.25) is 9.48 Å². The number of aliphatic hydroxyl groups excluding tert-OH is 1. The van der Waals surface area contributed by atoms with Gasteiger partial charge in [0.2, 0.25) is 0 Å². The van der Waals surface area contributed by atoms with Crippen LogP contribution >= 0.6 is 11.6 Å². The largest absolute Gasteiger partial charge is 0.394 e. The van der Waals surface area contributed by atoms with Gasteiger partial charge in [-0.05, 0) is 48.4 Å². The second-order valence-corrected chi connectivity index (χ2v) is 8.35. The number of pyridine rings is 1. The number of aromatic nitrogens is 3. The Labute approximate surface area is 201 Å². The first-order chi connectivity index (χ1) is 16.3. The number of nitrogens with zero attached hydrogens (tertiary/aromatic N) is 3. The van der Waals surface area contributed by atoms with E-state index in [9.17, 15) is 9.90 Å². The van der Waals surface area contributed by atoms with Crippen LogP contribution in [0.2, 0.25) is 5.02 Å². The highest BCUT2D eigenvalue weighted by molar-refractivity contribution is 6.30. The molecule has 4 N–H and O–H groups in total. The molecule has 9 heteroatoms. The number of nitrogen functional groups attached to an aromatic ring is 1. The molecule has 7 nitrogen and oxygen atoms in total. The molecule has 0 aliphatic rings. The van der Waals surface area contributed by atoms with Crippen molar-refractivity contribution >= 4 is 23.3 Å². The Hall–Kier alpha value is -3.75. The minimum absolute atomic E-state index is 0.157. The molecule has 1 unspecified atom stereocenters. The molecule has 0 saturated carbocycles. The number of hydrogen-bond acceptors (Lipinski definition) is 5. The lowest BCUT2D eigenvalue weighted by Crippen LogP contribution is -2.31. The van der Waals surface area contributed by atoms with Crippen molar-refractivity contribution in [3.05, 3.63) is 88.6 Å². The Bertz CT molecular complexity index is 1370. The maximum Gasteiger partial charge on any atom is 0.254 e. The fraction of sp³-hybridized carbons (Fsp3) is 0.160. The van der Waals surface area contributed by atoms with Gasteiger partial charge < -0.3 is 16.2 Å². The highest BCUT2D eigenvalue weighted by Gasteiger charge is 2.19. The molecule has 4 rings (SSSR count). The number of rotatable bonds is 6. The predicted octanol–water partition coefficient (Wildman–Crippen LogP) is 4.30. The first-order valence-electron chi connectivity index (χ1n) is 10.5. The van der Waals surface area contributed by atoms with Crippen LogP contribution in [0.3, 0.4) is 0 Å². The number of nitrogens with two attached hydrogens (primary N) is 1. The number of aliphatic hydroxyl groups is 1. The van der Waals surface area contributed by atoms with Crippen LogP contribution in [-0.2, 0) is 7.05 Å². The van der Waals surface area contributed by atoms with Gasteiger partial charge in [0.25, 0.3) is 5.91 Å². The molecule has 4 aromatic rings. The van der Waals surface area contributed by atoms with E-state index in [4.69, 9.17) is 17.3 Å². The standard InChI is InChI=1S/C25H23ClFN5O2/c1-14-21(12-32(2)31-14)17-9-20(24(28)29-11-17)15-6-7-19(22(27)10-15)25(34)30-23(13-33)16-4-3-5-18(26)8-16/h3-12,23,33H,13H2,1-2H3,(H2,28,29)(H,30,34). The van der Waals surface area contributed by atoms with Crippen molar-refractivity contribution in [3.8, 4) is 22.3 Å². The molecule has 0 spiro atoms. The number of anilines is 1. The van der Waals surface area contributed by atoms with Crippen molar-refractivity contribution in [3.63, 3.8) is 0 Å². The third-order valence-electron chi connectivity index (χ3n) is 5.51. The van der Waals surface area contributed by atoms with Gasteiger partial charge in [0.05, 0.1) is 23.9 Å². The van der Waals surface area contributed by atoms with Crippen molar-refractivity contribution in [2.75, 3.05) is 12.3 Å². The molecule has 0 saturated heterocycles. The number of amides is 1. The summed E-state index contributed by atoms with van der Waals surface area (Å²) in [6.45, 7) is 1.52. The first kappa shape index (κ1) is 23.4. The minimum Gasteiger partial charge on any atom is -0.394 e. The van der Waals surface area contributed by atoms with Gasteiger partial charge in [-0.25, -0.2) is 9.37 Å². The Morgan fingerprint density at radius 3 is 2.65 bits per heavy atom. The summed E-state index contributed by atoms with van der Waals surface area (Å²) in [6.07, 6.45) is 3.52. The SMILES string of the molecule is Cc1nn(C)cc1-c1cnc(N)c(-c2ccc(C(=O)NC(CO)c3cccc(Cl)c3)c(F)c2)c1. The van der Waals surface area contributed by atoms with Gasteiger partial charge in [0.15, 0.2) is 0 Å². The third-order valence-corrected chi connectivity index (χ3v) is 5.74. The lowest BCUT2D eigenvalue weighted by atomic mass is 9.99. The van der Waals surface area contributed by atoms with Crippen molar-refractivity contribution in [2.45, 2.75) is 13.0 Å². The zero-order valence-corrected chi connectivity index (χ0v) is 19.3. The van der Waals surface area contributed by atoms with E-state index >= 15 is 4.39 Å². The van der Waals surface area contributed by atoms with Crippen molar-refractivity contribution in [1.82, 2.24) is 20.1 Å². The second kappa shape index (κ2) is 9.62. The lowest BCUT2D eigenvalue weighted by Gasteiger charge is -2.17. The number of benzene rings is 2. The summed E-state index contributed by atoms with van der Waals surface area (Å²) >= 11 is 6.00. The Morgan fingerprint density at radius 2 is 2.00 bits per heavy atom. The zero-order valence-electron chi connectivity index (χ0n) is 18.6. The van der Waals surface area contributed by atoms with Crippen LogP contribution in [0.1, 0.15) is 27.7 Å². The zero-order chi connectivity index (χ0) is 24.4.